The molecule has 1 aromatic rings. The summed E-state index contributed by atoms with van der Waals surface area (Å²) in [5, 5.41) is 2.21. The third-order valence-electron chi connectivity index (χ3n) is 2.88. The van der Waals surface area contributed by atoms with Crippen molar-refractivity contribution in [2.24, 2.45) is 0 Å². The first-order valence-electron chi connectivity index (χ1n) is 5.85. The lowest BCUT2D eigenvalue weighted by Crippen LogP contribution is -2.41. The minimum absolute atomic E-state index is 0.175. The first-order chi connectivity index (χ1) is 8.65. The summed E-state index contributed by atoms with van der Waals surface area (Å²) in [7, 11) is 0. The summed E-state index contributed by atoms with van der Waals surface area (Å²) >= 11 is 7.24. The van der Waals surface area contributed by atoms with Crippen LogP contribution in [0.5, 0.6) is 0 Å². The van der Waals surface area contributed by atoms with Gasteiger partial charge in [-0.05, 0) is 31.2 Å². The molecule has 6 heteroatoms. The van der Waals surface area contributed by atoms with E-state index in [0.29, 0.717) is 29.5 Å². The predicted molar refractivity (Wildman–Crippen MR) is 70.0 cm³/mol. The van der Waals surface area contributed by atoms with Crippen LogP contribution in [-0.2, 0) is 9.53 Å². The quantitative estimate of drug-likeness (QED) is 0.803. The molecule has 0 aromatic carbocycles. The second-order valence-corrected chi connectivity index (χ2v) is 5.33. The van der Waals surface area contributed by atoms with Crippen LogP contribution in [0.15, 0.2) is 11.4 Å². The number of carbonyl (C=O) groups is 2. The maximum absolute atomic E-state index is 12.3. The monoisotopic (exact) mass is 287 g/mol. The molecule has 2 rings (SSSR count). The van der Waals surface area contributed by atoms with Crippen LogP contribution in [0.1, 0.15) is 29.4 Å². The summed E-state index contributed by atoms with van der Waals surface area (Å²) in [5.74, 6) is -0.499. The third kappa shape index (κ3) is 2.52. The molecule has 0 radical (unpaired) electrons. The molecule has 1 amide bonds. The van der Waals surface area contributed by atoms with Crippen molar-refractivity contribution in [3.8, 4) is 0 Å². The van der Waals surface area contributed by atoms with Crippen molar-refractivity contribution in [3.63, 3.8) is 0 Å². The van der Waals surface area contributed by atoms with Gasteiger partial charge >= 0.3 is 5.97 Å². The van der Waals surface area contributed by atoms with Crippen LogP contribution in [0.25, 0.3) is 0 Å². The Kier molecular flexibility index (Phi) is 4.24. The number of hydrogen-bond acceptors (Lipinski definition) is 4. The molecule has 0 N–H and O–H groups in total. The highest BCUT2D eigenvalue weighted by molar-refractivity contribution is 7.12. The lowest BCUT2D eigenvalue weighted by Gasteiger charge is -2.22. The van der Waals surface area contributed by atoms with E-state index in [1.807, 2.05) is 0 Å². The Morgan fingerprint density at radius 1 is 1.61 bits per heavy atom. The van der Waals surface area contributed by atoms with Crippen LogP contribution in [0, 0.1) is 0 Å². The molecule has 98 valence electrons. The molecule has 1 aliphatic rings. The van der Waals surface area contributed by atoms with E-state index in [0.717, 1.165) is 6.42 Å². The number of thiophene rings is 1. The molecule has 0 saturated carbocycles. The predicted octanol–water partition coefficient (Wildman–Crippen LogP) is 2.57. The summed E-state index contributed by atoms with van der Waals surface area (Å²) in [6.07, 6.45) is 1.48. The van der Waals surface area contributed by atoms with E-state index in [-0.39, 0.29) is 11.9 Å². The zero-order valence-corrected chi connectivity index (χ0v) is 11.6. The highest BCUT2D eigenvalue weighted by Gasteiger charge is 2.36. The number of likely N-dealkylation sites (tertiary alicyclic amines) is 1. The van der Waals surface area contributed by atoms with Crippen LogP contribution in [0.2, 0.25) is 5.02 Å². The first-order valence-corrected chi connectivity index (χ1v) is 7.11. The van der Waals surface area contributed by atoms with Gasteiger partial charge in [0.2, 0.25) is 0 Å². The molecule has 1 atom stereocenters. The molecule has 2 heterocycles. The van der Waals surface area contributed by atoms with Crippen LogP contribution in [0.3, 0.4) is 0 Å². The summed E-state index contributed by atoms with van der Waals surface area (Å²) in [6.45, 7) is 2.67. The minimum Gasteiger partial charge on any atom is -0.464 e. The van der Waals surface area contributed by atoms with E-state index < -0.39 is 6.04 Å². The van der Waals surface area contributed by atoms with Crippen molar-refractivity contribution in [2.45, 2.75) is 25.8 Å². The molecule has 1 saturated heterocycles. The molecule has 1 aromatic heterocycles. The van der Waals surface area contributed by atoms with Crippen molar-refractivity contribution >= 4 is 34.8 Å². The highest BCUT2D eigenvalue weighted by atomic mass is 35.5. The average Bonchev–Trinajstić information content (AvgIpc) is 2.96. The average molecular weight is 288 g/mol. The van der Waals surface area contributed by atoms with Crippen LogP contribution >= 0.6 is 22.9 Å². The van der Waals surface area contributed by atoms with Crippen molar-refractivity contribution in [1.82, 2.24) is 4.90 Å². The van der Waals surface area contributed by atoms with Crippen molar-refractivity contribution in [2.75, 3.05) is 13.2 Å². The second-order valence-electron chi connectivity index (χ2n) is 4.01. The van der Waals surface area contributed by atoms with E-state index in [9.17, 15) is 9.59 Å². The SMILES string of the molecule is CCOC(=O)C1CCCN1C(=O)c1sccc1Cl. The maximum atomic E-state index is 12.3. The van der Waals surface area contributed by atoms with Gasteiger partial charge in [-0.1, -0.05) is 11.6 Å². The molecular formula is C12H14ClNO3S. The summed E-state index contributed by atoms with van der Waals surface area (Å²) in [6, 6.07) is 1.23. The standard InChI is InChI=1S/C12H14ClNO3S/c1-2-17-12(16)9-4-3-6-14(9)11(15)10-8(13)5-7-18-10/h5,7,9H,2-4,6H2,1H3. The lowest BCUT2D eigenvalue weighted by molar-refractivity contribution is -0.147. The number of esters is 1. The molecule has 1 aliphatic heterocycles. The van der Waals surface area contributed by atoms with Crippen molar-refractivity contribution in [1.29, 1.82) is 0 Å². The molecule has 1 unspecified atom stereocenters. The fourth-order valence-corrected chi connectivity index (χ4v) is 3.16. The van der Waals surface area contributed by atoms with Crippen molar-refractivity contribution in [3.05, 3.63) is 21.3 Å². The van der Waals surface area contributed by atoms with Gasteiger partial charge in [-0.2, -0.15) is 0 Å². The number of nitrogens with zero attached hydrogens (tertiary/aromatic N) is 1. The summed E-state index contributed by atoms with van der Waals surface area (Å²) in [4.78, 5) is 26.1. The second kappa shape index (κ2) is 5.71. The Labute approximate surface area is 114 Å². The molecule has 0 spiro atoms. The number of hydrogen-bond donors (Lipinski definition) is 0. The summed E-state index contributed by atoms with van der Waals surface area (Å²) in [5.41, 5.74) is 0. The third-order valence-corrected chi connectivity index (χ3v) is 4.21. The Morgan fingerprint density at radius 3 is 3.00 bits per heavy atom. The normalized spacial score (nSPS) is 19.0. The fourth-order valence-electron chi connectivity index (χ4n) is 2.07. The molecule has 1 fully saturated rings. The van der Waals surface area contributed by atoms with Gasteiger partial charge in [-0.15, -0.1) is 11.3 Å². The van der Waals surface area contributed by atoms with Gasteiger partial charge in [0.1, 0.15) is 10.9 Å². The number of ether oxygens (including phenoxy) is 1. The van der Waals surface area contributed by atoms with E-state index in [1.54, 1.807) is 23.3 Å². The molecular weight excluding hydrogens is 274 g/mol. The largest absolute Gasteiger partial charge is 0.464 e. The van der Waals surface area contributed by atoms with E-state index >= 15 is 0 Å². The molecule has 0 bridgehead atoms. The lowest BCUT2D eigenvalue weighted by atomic mass is 10.2. The molecule has 18 heavy (non-hydrogen) atoms. The molecule has 0 aliphatic carbocycles. The van der Waals surface area contributed by atoms with Gasteiger partial charge in [-0.3, -0.25) is 4.79 Å². The Bertz CT molecular complexity index is 460. The van der Waals surface area contributed by atoms with E-state index in [2.05, 4.69) is 0 Å². The first kappa shape index (κ1) is 13.4. The topological polar surface area (TPSA) is 46.6 Å². The number of carbonyl (C=O) groups excluding carboxylic acids is 2. The number of amides is 1. The number of rotatable bonds is 3. The highest BCUT2D eigenvalue weighted by Crippen LogP contribution is 2.27. The van der Waals surface area contributed by atoms with Crippen molar-refractivity contribution < 1.29 is 14.3 Å². The Morgan fingerprint density at radius 2 is 2.39 bits per heavy atom. The summed E-state index contributed by atoms with van der Waals surface area (Å²) < 4.78 is 4.99. The van der Waals surface area contributed by atoms with E-state index in [1.165, 1.54) is 11.3 Å². The maximum Gasteiger partial charge on any atom is 0.328 e. The fraction of sp³-hybridized carbons (Fsp3) is 0.500. The van der Waals surface area contributed by atoms with Crippen LogP contribution < -0.4 is 0 Å². The van der Waals surface area contributed by atoms with Gasteiger partial charge in [0.15, 0.2) is 0 Å². The smallest absolute Gasteiger partial charge is 0.328 e. The van der Waals surface area contributed by atoms with Gasteiger partial charge in [-0.25, -0.2) is 4.79 Å². The van der Waals surface area contributed by atoms with Gasteiger partial charge in [0.05, 0.1) is 11.6 Å². The van der Waals surface area contributed by atoms with Gasteiger partial charge in [0, 0.05) is 6.54 Å². The minimum atomic E-state index is -0.462. The zero-order chi connectivity index (χ0) is 13.1. The van der Waals surface area contributed by atoms with Crippen LogP contribution in [-0.4, -0.2) is 36.0 Å². The van der Waals surface area contributed by atoms with E-state index in [4.69, 9.17) is 16.3 Å². The number of halogens is 1. The Balaban J connectivity index is 2.15. The van der Waals surface area contributed by atoms with Gasteiger partial charge < -0.3 is 9.64 Å². The zero-order valence-electron chi connectivity index (χ0n) is 10.0. The van der Waals surface area contributed by atoms with Crippen LogP contribution in [0.4, 0.5) is 0 Å². The molecule has 4 nitrogen and oxygen atoms in total. The van der Waals surface area contributed by atoms with Gasteiger partial charge in [0.25, 0.3) is 5.91 Å². The Hall–Kier alpha value is -1.07.